The summed E-state index contributed by atoms with van der Waals surface area (Å²) in [7, 11) is 0. The van der Waals surface area contributed by atoms with E-state index in [0.29, 0.717) is 11.1 Å². The molecule has 15 heavy (non-hydrogen) atoms. The fourth-order valence-electron chi connectivity index (χ4n) is 2.05. The highest BCUT2D eigenvalue weighted by molar-refractivity contribution is 6.32. The van der Waals surface area contributed by atoms with Gasteiger partial charge in [-0.2, -0.15) is 0 Å². The van der Waals surface area contributed by atoms with E-state index >= 15 is 0 Å². The summed E-state index contributed by atoms with van der Waals surface area (Å²) in [4.78, 5) is 0. The first-order chi connectivity index (χ1) is 7.25. The number of halogens is 1. The summed E-state index contributed by atoms with van der Waals surface area (Å²) in [6, 6.07) is 6.04. The molecule has 1 aliphatic carbocycles. The summed E-state index contributed by atoms with van der Waals surface area (Å²) in [6.07, 6.45) is 5.25. The van der Waals surface area contributed by atoms with Gasteiger partial charge in [0.05, 0.1) is 5.02 Å². The van der Waals surface area contributed by atoms with Crippen LogP contribution in [0.5, 0.6) is 5.75 Å². The number of phenols is 1. The lowest BCUT2D eigenvalue weighted by Crippen LogP contribution is -2.25. The predicted octanol–water partition coefficient (Wildman–Crippen LogP) is 3.08. The van der Waals surface area contributed by atoms with E-state index in [1.54, 1.807) is 6.07 Å². The minimum Gasteiger partial charge on any atom is -0.506 e. The number of benzene rings is 1. The molecule has 1 aromatic carbocycles. The van der Waals surface area contributed by atoms with Crippen LogP contribution in [0.25, 0.3) is 0 Å². The molecule has 3 heteroatoms. The van der Waals surface area contributed by atoms with E-state index in [1.165, 1.54) is 25.7 Å². The van der Waals surface area contributed by atoms with E-state index in [-0.39, 0.29) is 5.75 Å². The van der Waals surface area contributed by atoms with Crippen LogP contribution in [0.4, 0.5) is 0 Å². The second kappa shape index (κ2) is 4.86. The van der Waals surface area contributed by atoms with Gasteiger partial charge in [0.1, 0.15) is 5.75 Å². The molecule has 1 aromatic rings. The van der Waals surface area contributed by atoms with Gasteiger partial charge in [-0.1, -0.05) is 30.5 Å². The Morgan fingerprint density at radius 3 is 2.73 bits per heavy atom. The SMILES string of the molecule is Oc1ccc(CNC2CCCC2)cc1Cl. The molecule has 2 N–H and O–H groups in total. The van der Waals surface area contributed by atoms with Gasteiger partial charge in [-0.15, -0.1) is 0 Å². The first-order valence-electron chi connectivity index (χ1n) is 5.46. The number of aromatic hydroxyl groups is 1. The van der Waals surface area contributed by atoms with Crippen molar-refractivity contribution in [2.45, 2.75) is 38.3 Å². The average molecular weight is 226 g/mol. The Balaban J connectivity index is 1.90. The monoisotopic (exact) mass is 225 g/mol. The van der Waals surface area contributed by atoms with Crippen molar-refractivity contribution >= 4 is 11.6 Å². The zero-order valence-electron chi connectivity index (χ0n) is 8.67. The van der Waals surface area contributed by atoms with Crippen LogP contribution >= 0.6 is 11.6 Å². The third kappa shape index (κ3) is 2.86. The zero-order valence-corrected chi connectivity index (χ0v) is 9.43. The maximum Gasteiger partial charge on any atom is 0.134 e. The van der Waals surface area contributed by atoms with E-state index in [9.17, 15) is 5.11 Å². The number of nitrogens with one attached hydrogen (secondary N) is 1. The maximum absolute atomic E-state index is 9.27. The van der Waals surface area contributed by atoms with Gasteiger partial charge in [-0.25, -0.2) is 0 Å². The van der Waals surface area contributed by atoms with Crippen LogP contribution < -0.4 is 5.32 Å². The van der Waals surface area contributed by atoms with Gasteiger partial charge in [0, 0.05) is 12.6 Å². The van der Waals surface area contributed by atoms with Gasteiger partial charge in [0.2, 0.25) is 0 Å². The van der Waals surface area contributed by atoms with Gasteiger partial charge in [-0.05, 0) is 30.5 Å². The van der Waals surface area contributed by atoms with Crippen LogP contribution in [0.2, 0.25) is 5.02 Å². The summed E-state index contributed by atoms with van der Waals surface area (Å²) in [6.45, 7) is 0.838. The van der Waals surface area contributed by atoms with Crippen LogP contribution in [0, 0.1) is 0 Å². The summed E-state index contributed by atoms with van der Waals surface area (Å²) >= 11 is 5.83. The summed E-state index contributed by atoms with van der Waals surface area (Å²) < 4.78 is 0. The fourth-order valence-corrected chi connectivity index (χ4v) is 2.26. The van der Waals surface area contributed by atoms with E-state index in [2.05, 4.69) is 5.32 Å². The van der Waals surface area contributed by atoms with Gasteiger partial charge >= 0.3 is 0 Å². The molecule has 1 aliphatic rings. The Bertz CT molecular complexity index is 334. The summed E-state index contributed by atoms with van der Waals surface area (Å²) in [5.41, 5.74) is 1.13. The Hall–Kier alpha value is -0.730. The molecule has 0 spiro atoms. The van der Waals surface area contributed by atoms with Crippen molar-refractivity contribution in [3.8, 4) is 5.75 Å². The second-order valence-electron chi connectivity index (χ2n) is 4.15. The van der Waals surface area contributed by atoms with Crippen LogP contribution in [-0.2, 0) is 6.54 Å². The molecule has 0 atom stereocenters. The van der Waals surface area contributed by atoms with Crippen molar-refractivity contribution in [3.63, 3.8) is 0 Å². The molecule has 2 rings (SSSR count). The van der Waals surface area contributed by atoms with Crippen LogP contribution in [0.15, 0.2) is 18.2 Å². The lowest BCUT2D eigenvalue weighted by Gasteiger charge is -2.11. The van der Waals surface area contributed by atoms with Crippen molar-refractivity contribution in [2.75, 3.05) is 0 Å². The lowest BCUT2D eigenvalue weighted by molar-refractivity contribution is 0.474. The summed E-state index contributed by atoms with van der Waals surface area (Å²) in [5, 5.41) is 13.2. The minimum atomic E-state index is 0.154. The minimum absolute atomic E-state index is 0.154. The molecule has 2 nitrogen and oxygen atoms in total. The van der Waals surface area contributed by atoms with Gasteiger partial charge in [0.25, 0.3) is 0 Å². The van der Waals surface area contributed by atoms with Gasteiger partial charge < -0.3 is 10.4 Å². The van der Waals surface area contributed by atoms with Crippen molar-refractivity contribution in [3.05, 3.63) is 28.8 Å². The smallest absolute Gasteiger partial charge is 0.134 e. The van der Waals surface area contributed by atoms with Crippen LogP contribution in [0.3, 0.4) is 0 Å². The normalized spacial score (nSPS) is 17.1. The average Bonchev–Trinajstić information content (AvgIpc) is 2.73. The van der Waals surface area contributed by atoms with E-state index in [0.717, 1.165) is 12.1 Å². The van der Waals surface area contributed by atoms with Crippen molar-refractivity contribution in [2.24, 2.45) is 0 Å². The van der Waals surface area contributed by atoms with Crippen LogP contribution in [-0.4, -0.2) is 11.1 Å². The zero-order chi connectivity index (χ0) is 10.7. The molecule has 0 bridgehead atoms. The lowest BCUT2D eigenvalue weighted by atomic mass is 10.2. The molecule has 0 saturated heterocycles. The fraction of sp³-hybridized carbons (Fsp3) is 0.500. The first-order valence-corrected chi connectivity index (χ1v) is 5.84. The number of hydrogen-bond donors (Lipinski definition) is 2. The summed E-state index contributed by atoms with van der Waals surface area (Å²) in [5.74, 6) is 0.154. The Morgan fingerprint density at radius 1 is 1.33 bits per heavy atom. The Morgan fingerprint density at radius 2 is 2.07 bits per heavy atom. The molecule has 0 unspecified atom stereocenters. The molecular weight excluding hydrogens is 210 g/mol. The molecule has 1 saturated carbocycles. The third-order valence-corrected chi connectivity index (χ3v) is 3.26. The predicted molar refractivity (Wildman–Crippen MR) is 62.2 cm³/mol. The quantitative estimate of drug-likeness (QED) is 0.829. The number of hydrogen-bond acceptors (Lipinski definition) is 2. The van der Waals surface area contributed by atoms with E-state index < -0.39 is 0 Å². The van der Waals surface area contributed by atoms with Crippen molar-refractivity contribution in [1.82, 2.24) is 5.32 Å². The molecule has 0 aromatic heterocycles. The highest BCUT2D eigenvalue weighted by atomic mass is 35.5. The van der Waals surface area contributed by atoms with Crippen LogP contribution in [0.1, 0.15) is 31.2 Å². The maximum atomic E-state index is 9.27. The first kappa shape index (κ1) is 10.8. The van der Waals surface area contributed by atoms with E-state index in [1.807, 2.05) is 12.1 Å². The van der Waals surface area contributed by atoms with Crippen molar-refractivity contribution < 1.29 is 5.11 Å². The Kier molecular flexibility index (Phi) is 3.49. The second-order valence-corrected chi connectivity index (χ2v) is 4.56. The molecular formula is C12H16ClNO. The highest BCUT2D eigenvalue weighted by Gasteiger charge is 2.13. The largest absolute Gasteiger partial charge is 0.506 e. The highest BCUT2D eigenvalue weighted by Crippen LogP contribution is 2.24. The standard InChI is InChI=1S/C12H16ClNO/c13-11-7-9(5-6-12(11)15)8-14-10-3-1-2-4-10/h5-7,10,14-15H,1-4,8H2. The molecule has 0 heterocycles. The third-order valence-electron chi connectivity index (χ3n) is 2.96. The number of phenolic OH excluding ortho intramolecular Hbond substituents is 1. The van der Waals surface area contributed by atoms with E-state index in [4.69, 9.17) is 11.6 Å². The molecule has 0 radical (unpaired) electrons. The topological polar surface area (TPSA) is 32.3 Å². The molecule has 82 valence electrons. The Labute approximate surface area is 95.3 Å². The van der Waals surface area contributed by atoms with Crippen molar-refractivity contribution in [1.29, 1.82) is 0 Å². The van der Waals surface area contributed by atoms with Gasteiger partial charge in [0.15, 0.2) is 0 Å². The molecule has 0 amide bonds. The van der Waals surface area contributed by atoms with Gasteiger partial charge in [-0.3, -0.25) is 0 Å². The molecule has 0 aliphatic heterocycles. The number of rotatable bonds is 3. The molecule has 1 fully saturated rings.